The minimum atomic E-state index is -0.981. The molecule has 2 N–H and O–H groups in total. The SMILES string of the molecule is CC(CCN(C)C)Nc1nc2ccccn2c1C(=O)O. The summed E-state index contributed by atoms with van der Waals surface area (Å²) in [6.45, 7) is 2.96. The molecule has 0 fully saturated rings. The molecule has 0 saturated heterocycles. The van der Waals surface area contributed by atoms with Gasteiger partial charge in [0.2, 0.25) is 0 Å². The largest absolute Gasteiger partial charge is 0.476 e. The van der Waals surface area contributed by atoms with Gasteiger partial charge in [0.1, 0.15) is 5.65 Å². The number of pyridine rings is 1. The minimum absolute atomic E-state index is 0.153. The number of carboxylic acid groups (broad SMARTS) is 1. The second-order valence-corrected chi connectivity index (χ2v) is 5.18. The first kappa shape index (κ1) is 14.3. The van der Waals surface area contributed by atoms with E-state index in [-0.39, 0.29) is 11.7 Å². The van der Waals surface area contributed by atoms with Crippen molar-refractivity contribution in [1.29, 1.82) is 0 Å². The van der Waals surface area contributed by atoms with Crippen LogP contribution in [-0.2, 0) is 0 Å². The number of carbonyl (C=O) groups is 1. The van der Waals surface area contributed by atoms with Gasteiger partial charge in [-0.25, -0.2) is 9.78 Å². The van der Waals surface area contributed by atoms with Crippen molar-refractivity contribution in [2.24, 2.45) is 0 Å². The van der Waals surface area contributed by atoms with Crippen molar-refractivity contribution in [1.82, 2.24) is 14.3 Å². The Balaban J connectivity index is 2.25. The molecule has 0 aliphatic rings. The van der Waals surface area contributed by atoms with Gasteiger partial charge in [-0.1, -0.05) is 6.07 Å². The van der Waals surface area contributed by atoms with E-state index < -0.39 is 5.97 Å². The molecule has 2 heterocycles. The van der Waals surface area contributed by atoms with Crippen molar-refractivity contribution >= 4 is 17.4 Å². The Morgan fingerprint density at radius 2 is 2.25 bits per heavy atom. The van der Waals surface area contributed by atoms with Crippen LogP contribution in [0.4, 0.5) is 5.82 Å². The smallest absolute Gasteiger partial charge is 0.356 e. The molecule has 2 aromatic heterocycles. The molecule has 1 atom stereocenters. The van der Waals surface area contributed by atoms with Crippen LogP contribution in [0.5, 0.6) is 0 Å². The van der Waals surface area contributed by atoms with E-state index in [4.69, 9.17) is 0 Å². The topological polar surface area (TPSA) is 69.9 Å². The van der Waals surface area contributed by atoms with Crippen LogP contribution in [0.1, 0.15) is 23.8 Å². The van der Waals surface area contributed by atoms with Gasteiger partial charge >= 0.3 is 5.97 Å². The molecule has 2 rings (SSSR count). The summed E-state index contributed by atoms with van der Waals surface area (Å²) in [5.41, 5.74) is 0.810. The minimum Gasteiger partial charge on any atom is -0.476 e. The van der Waals surface area contributed by atoms with Crippen molar-refractivity contribution in [3.05, 3.63) is 30.1 Å². The number of nitrogens with zero attached hydrogens (tertiary/aromatic N) is 3. The Labute approximate surface area is 118 Å². The Hall–Kier alpha value is -2.08. The summed E-state index contributed by atoms with van der Waals surface area (Å²) < 4.78 is 1.59. The first-order valence-electron chi connectivity index (χ1n) is 6.60. The molecule has 0 saturated carbocycles. The highest BCUT2D eigenvalue weighted by atomic mass is 16.4. The Bertz CT molecular complexity index is 606. The molecule has 0 radical (unpaired) electrons. The number of rotatable bonds is 6. The molecule has 6 heteroatoms. The van der Waals surface area contributed by atoms with Crippen molar-refractivity contribution in [3.63, 3.8) is 0 Å². The Morgan fingerprint density at radius 3 is 2.90 bits per heavy atom. The lowest BCUT2D eigenvalue weighted by atomic mass is 10.2. The molecule has 0 spiro atoms. The summed E-state index contributed by atoms with van der Waals surface area (Å²) >= 11 is 0. The van der Waals surface area contributed by atoms with Gasteiger partial charge in [-0.2, -0.15) is 0 Å². The van der Waals surface area contributed by atoms with Crippen LogP contribution in [0.15, 0.2) is 24.4 Å². The van der Waals surface area contributed by atoms with E-state index in [0.717, 1.165) is 13.0 Å². The van der Waals surface area contributed by atoms with Gasteiger partial charge in [-0.15, -0.1) is 0 Å². The van der Waals surface area contributed by atoms with Gasteiger partial charge < -0.3 is 15.3 Å². The maximum Gasteiger partial charge on any atom is 0.356 e. The van der Waals surface area contributed by atoms with Gasteiger partial charge in [-0.3, -0.25) is 4.40 Å². The summed E-state index contributed by atoms with van der Waals surface area (Å²) in [4.78, 5) is 17.9. The van der Waals surface area contributed by atoms with Crippen LogP contribution in [0.25, 0.3) is 5.65 Å². The predicted octanol–water partition coefficient (Wildman–Crippen LogP) is 1.78. The summed E-state index contributed by atoms with van der Waals surface area (Å²) in [5, 5.41) is 12.6. The van der Waals surface area contributed by atoms with E-state index in [9.17, 15) is 9.90 Å². The second-order valence-electron chi connectivity index (χ2n) is 5.18. The van der Waals surface area contributed by atoms with Gasteiger partial charge in [-0.05, 0) is 46.1 Å². The monoisotopic (exact) mass is 276 g/mol. The molecule has 20 heavy (non-hydrogen) atoms. The van der Waals surface area contributed by atoms with Crippen molar-refractivity contribution in [2.75, 3.05) is 26.0 Å². The fraction of sp³-hybridized carbons (Fsp3) is 0.429. The van der Waals surface area contributed by atoms with Crippen molar-refractivity contribution in [2.45, 2.75) is 19.4 Å². The lowest BCUT2D eigenvalue weighted by Crippen LogP contribution is -2.24. The Kier molecular flexibility index (Phi) is 4.24. The van der Waals surface area contributed by atoms with E-state index >= 15 is 0 Å². The van der Waals surface area contributed by atoms with Gasteiger partial charge in [0, 0.05) is 12.2 Å². The molecule has 1 unspecified atom stereocenters. The summed E-state index contributed by atoms with van der Waals surface area (Å²) in [7, 11) is 4.03. The first-order chi connectivity index (χ1) is 9.49. The van der Waals surface area contributed by atoms with Crippen molar-refractivity contribution < 1.29 is 9.90 Å². The predicted molar refractivity (Wildman–Crippen MR) is 78.4 cm³/mol. The quantitative estimate of drug-likeness (QED) is 0.841. The number of aromatic carboxylic acids is 1. The average Bonchev–Trinajstić information content (AvgIpc) is 2.74. The van der Waals surface area contributed by atoms with Crippen molar-refractivity contribution in [3.8, 4) is 0 Å². The highest BCUT2D eigenvalue weighted by Crippen LogP contribution is 2.19. The number of hydrogen-bond acceptors (Lipinski definition) is 4. The average molecular weight is 276 g/mol. The maximum atomic E-state index is 11.4. The van der Waals surface area contributed by atoms with Gasteiger partial charge in [0.25, 0.3) is 0 Å². The van der Waals surface area contributed by atoms with E-state index in [1.807, 2.05) is 27.1 Å². The number of aromatic nitrogens is 2. The van der Waals surface area contributed by atoms with Gasteiger partial charge in [0.15, 0.2) is 11.5 Å². The molecule has 2 aromatic rings. The zero-order valence-electron chi connectivity index (χ0n) is 12.0. The molecule has 0 bridgehead atoms. The summed E-state index contributed by atoms with van der Waals surface area (Å²) in [6, 6.07) is 5.58. The third kappa shape index (κ3) is 3.08. The lowest BCUT2D eigenvalue weighted by molar-refractivity contribution is 0.0690. The number of fused-ring (bicyclic) bond motifs is 1. The number of nitrogens with one attached hydrogen (secondary N) is 1. The van der Waals surface area contributed by atoms with E-state index in [2.05, 4.69) is 15.2 Å². The van der Waals surface area contributed by atoms with Crippen LogP contribution >= 0.6 is 0 Å². The van der Waals surface area contributed by atoms with Crippen LogP contribution in [0.3, 0.4) is 0 Å². The molecule has 6 nitrogen and oxygen atoms in total. The highest BCUT2D eigenvalue weighted by molar-refractivity contribution is 5.93. The molecular weight excluding hydrogens is 256 g/mol. The van der Waals surface area contributed by atoms with Gasteiger partial charge in [0.05, 0.1) is 0 Å². The van der Waals surface area contributed by atoms with Crippen LogP contribution < -0.4 is 5.32 Å². The number of hydrogen-bond donors (Lipinski definition) is 2. The van der Waals surface area contributed by atoms with Crippen LogP contribution in [0, 0.1) is 0 Å². The third-order valence-electron chi connectivity index (χ3n) is 3.12. The fourth-order valence-electron chi connectivity index (χ4n) is 2.06. The molecular formula is C14H20N4O2. The molecule has 0 aliphatic heterocycles. The third-order valence-corrected chi connectivity index (χ3v) is 3.12. The number of anilines is 1. The number of carboxylic acids is 1. The van der Waals surface area contributed by atoms with E-state index in [0.29, 0.717) is 11.5 Å². The summed E-state index contributed by atoms with van der Waals surface area (Å²) in [5.74, 6) is -0.555. The van der Waals surface area contributed by atoms with E-state index in [1.54, 1.807) is 22.7 Å². The summed E-state index contributed by atoms with van der Waals surface area (Å²) in [6.07, 6.45) is 2.63. The fourth-order valence-corrected chi connectivity index (χ4v) is 2.06. The normalized spacial score (nSPS) is 12.8. The molecule has 0 aliphatic carbocycles. The maximum absolute atomic E-state index is 11.4. The zero-order chi connectivity index (χ0) is 14.7. The standard InChI is InChI=1S/C14H20N4O2/c1-10(7-9-17(2)3)15-13-12(14(19)20)18-8-5-4-6-11(18)16-13/h4-6,8,10,15H,7,9H2,1-3H3,(H,19,20). The highest BCUT2D eigenvalue weighted by Gasteiger charge is 2.19. The zero-order valence-corrected chi connectivity index (χ0v) is 12.0. The molecule has 108 valence electrons. The first-order valence-corrected chi connectivity index (χ1v) is 6.60. The van der Waals surface area contributed by atoms with Crippen LogP contribution in [0.2, 0.25) is 0 Å². The second kappa shape index (κ2) is 5.92. The Morgan fingerprint density at radius 1 is 1.50 bits per heavy atom. The van der Waals surface area contributed by atoms with E-state index in [1.165, 1.54) is 0 Å². The number of imidazole rings is 1. The lowest BCUT2D eigenvalue weighted by Gasteiger charge is -2.16. The van der Waals surface area contributed by atoms with Crippen LogP contribution in [-0.4, -0.2) is 52.0 Å². The molecule has 0 amide bonds. The molecule has 0 aromatic carbocycles.